The van der Waals surface area contributed by atoms with Crippen molar-refractivity contribution in [2.75, 3.05) is 26.7 Å². The quantitative estimate of drug-likeness (QED) is 0.732. The average molecular weight is 234 g/mol. The molecule has 90 valence electrons. The van der Waals surface area contributed by atoms with Crippen LogP contribution < -0.4 is 5.32 Å². The minimum atomic E-state index is -0.338. The summed E-state index contributed by atoms with van der Waals surface area (Å²) in [6.45, 7) is 2.55. The van der Waals surface area contributed by atoms with Crippen LogP contribution in [0.2, 0.25) is 0 Å². The number of nitrogens with one attached hydrogen (secondary N) is 1. The van der Waals surface area contributed by atoms with Crippen LogP contribution >= 0.6 is 0 Å². The van der Waals surface area contributed by atoms with Crippen LogP contribution in [0.25, 0.3) is 0 Å². The van der Waals surface area contributed by atoms with Crippen LogP contribution in [0.15, 0.2) is 18.2 Å². The standard InChI is InChI=1S/C13H15FN2O/c1-16-7-8-5-15-6-12(8)10-3-2-9(14)4-11(10)13(16)17/h2-4,8,12,15H,5-7H2,1H3/t8-,12?/m0/s1. The van der Waals surface area contributed by atoms with Gasteiger partial charge in [0.25, 0.3) is 5.91 Å². The average Bonchev–Trinajstić information content (AvgIpc) is 2.72. The Morgan fingerprint density at radius 2 is 2.24 bits per heavy atom. The van der Waals surface area contributed by atoms with Crippen molar-refractivity contribution in [1.82, 2.24) is 10.2 Å². The van der Waals surface area contributed by atoms with Crippen molar-refractivity contribution in [1.29, 1.82) is 0 Å². The first kappa shape index (κ1) is 10.7. The summed E-state index contributed by atoms with van der Waals surface area (Å²) in [5.41, 5.74) is 1.53. The summed E-state index contributed by atoms with van der Waals surface area (Å²) in [5.74, 6) is 0.374. The molecule has 0 spiro atoms. The molecule has 1 N–H and O–H groups in total. The van der Waals surface area contributed by atoms with Gasteiger partial charge in [-0.2, -0.15) is 0 Å². The van der Waals surface area contributed by atoms with Crippen LogP contribution in [-0.4, -0.2) is 37.5 Å². The Morgan fingerprint density at radius 3 is 3.06 bits per heavy atom. The van der Waals surface area contributed by atoms with Crippen molar-refractivity contribution in [3.8, 4) is 0 Å². The largest absolute Gasteiger partial charge is 0.341 e. The number of carbonyl (C=O) groups is 1. The highest BCUT2D eigenvalue weighted by atomic mass is 19.1. The molecule has 3 rings (SSSR count). The number of rotatable bonds is 0. The first-order valence-electron chi connectivity index (χ1n) is 5.92. The predicted octanol–water partition coefficient (Wildman–Crippen LogP) is 1.21. The molecule has 1 aromatic rings. The highest BCUT2D eigenvalue weighted by Gasteiger charge is 2.36. The van der Waals surface area contributed by atoms with E-state index in [1.54, 1.807) is 18.0 Å². The number of benzene rings is 1. The Balaban J connectivity index is 2.15. The monoisotopic (exact) mass is 234 g/mol. The Labute approximate surface area is 99.6 Å². The number of hydrogen-bond acceptors (Lipinski definition) is 2. The maximum absolute atomic E-state index is 13.3. The van der Waals surface area contributed by atoms with Gasteiger partial charge in [0.2, 0.25) is 0 Å². The molecule has 2 aliphatic heterocycles. The van der Waals surface area contributed by atoms with Crippen LogP contribution in [0.1, 0.15) is 21.8 Å². The van der Waals surface area contributed by atoms with Crippen LogP contribution in [0, 0.1) is 11.7 Å². The van der Waals surface area contributed by atoms with Gasteiger partial charge >= 0.3 is 0 Å². The summed E-state index contributed by atoms with van der Waals surface area (Å²) < 4.78 is 13.3. The Bertz CT molecular complexity index is 474. The maximum atomic E-state index is 13.3. The molecule has 0 aromatic heterocycles. The molecule has 0 saturated carbocycles. The summed E-state index contributed by atoms with van der Waals surface area (Å²) in [6, 6.07) is 4.59. The molecule has 2 atom stereocenters. The van der Waals surface area contributed by atoms with Crippen molar-refractivity contribution in [3.63, 3.8) is 0 Å². The van der Waals surface area contributed by atoms with Gasteiger partial charge in [-0.25, -0.2) is 4.39 Å². The van der Waals surface area contributed by atoms with E-state index in [1.165, 1.54) is 12.1 Å². The van der Waals surface area contributed by atoms with E-state index in [0.29, 0.717) is 17.4 Å². The molecule has 1 saturated heterocycles. The molecule has 0 aliphatic carbocycles. The SMILES string of the molecule is CN1C[C@@H]2CNCC2c2ccc(F)cc2C1=O. The van der Waals surface area contributed by atoms with Crippen molar-refractivity contribution in [2.24, 2.45) is 5.92 Å². The van der Waals surface area contributed by atoms with E-state index in [1.807, 2.05) is 0 Å². The van der Waals surface area contributed by atoms with E-state index in [-0.39, 0.29) is 11.7 Å². The fraction of sp³-hybridized carbons (Fsp3) is 0.462. The Kier molecular flexibility index (Phi) is 2.40. The molecule has 4 heteroatoms. The second-order valence-electron chi connectivity index (χ2n) is 4.94. The van der Waals surface area contributed by atoms with Crippen molar-refractivity contribution >= 4 is 5.91 Å². The Morgan fingerprint density at radius 1 is 1.41 bits per heavy atom. The lowest BCUT2D eigenvalue weighted by Crippen LogP contribution is -2.31. The zero-order valence-corrected chi connectivity index (χ0v) is 9.74. The molecule has 0 bridgehead atoms. The number of amides is 1. The highest BCUT2D eigenvalue weighted by Crippen LogP contribution is 2.34. The summed E-state index contributed by atoms with van der Waals surface area (Å²) >= 11 is 0. The molecule has 0 radical (unpaired) electrons. The van der Waals surface area contributed by atoms with Crippen molar-refractivity contribution in [3.05, 3.63) is 35.1 Å². The highest BCUT2D eigenvalue weighted by molar-refractivity contribution is 5.96. The van der Waals surface area contributed by atoms with E-state index >= 15 is 0 Å². The van der Waals surface area contributed by atoms with E-state index < -0.39 is 0 Å². The minimum absolute atomic E-state index is 0.0612. The van der Waals surface area contributed by atoms with Crippen LogP contribution in [0.3, 0.4) is 0 Å². The third-order valence-electron chi connectivity index (χ3n) is 3.84. The zero-order chi connectivity index (χ0) is 12.0. The van der Waals surface area contributed by atoms with Gasteiger partial charge < -0.3 is 10.2 Å². The fourth-order valence-corrected chi connectivity index (χ4v) is 2.97. The molecule has 3 nitrogen and oxygen atoms in total. The number of halogens is 1. The minimum Gasteiger partial charge on any atom is -0.341 e. The van der Waals surface area contributed by atoms with Crippen LogP contribution in [0.5, 0.6) is 0 Å². The topological polar surface area (TPSA) is 32.3 Å². The summed E-state index contributed by atoms with van der Waals surface area (Å²) in [6.07, 6.45) is 0. The molecular weight excluding hydrogens is 219 g/mol. The van der Waals surface area contributed by atoms with Gasteiger partial charge in [-0.15, -0.1) is 0 Å². The van der Waals surface area contributed by atoms with E-state index in [0.717, 1.165) is 25.2 Å². The van der Waals surface area contributed by atoms with E-state index in [2.05, 4.69) is 5.32 Å². The van der Waals surface area contributed by atoms with Gasteiger partial charge in [0, 0.05) is 38.2 Å². The summed E-state index contributed by atoms with van der Waals surface area (Å²) in [5, 5.41) is 3.35. The van der Waals surface area contributed by atoms with Gasteiger partial charge in [-0.05, 0) is 23.6 Å². The molecular formula is C13H15FN2O. The Hall–Kier alpha value is -1.42. The van der Waals surface area contributed by atoms with E-state index in [4.69, 9.17) is 0 Å². The van der Waals surface area contributed by atoms with Crippen molar-refractivity contribution < 1.29 is 9.18 Å². The maximum Gasteiger partial charge on any atom is 0.253 e. The van der Waals surface area contributed by atoms with Gasteiger partial charge in [0.15, 0.2) is 0 Å². The van der Waals surface area contributed by atoms with Gasteiger partial charge in [0.05, 0.1) is 0 Å². The van der Waals surface area contributed by atoms with Crippen LogP contribution in [-0.2, 0) is 0 Å². The summed E-state index contributed by atoms with van der Waals surface area (Å²) in [4.78, 5) is 13.9. The summed E-state index contributed by atoms with van der Waals surface area (Å²) in [7, 11) is 1.79. The predicted molar refractivity (Wildman–Crippen MR) is 62.5 cm³/mol. The molecule has 1 unspecified atom stereocenters. The van der Waals surface area contributed by atoms with Crippen molar-refractivity contribution in [2.45, 2.75) is 5.92 Å². The van der Waals surface area contributed by atoms with E-state index in [9.17, 15) is 9.18 Å². The molecule has 2 heterocycles. The number of carbonyl (C=O) groups excluding carboxylic acids is 1. The number of hydrogen-bond donors (Lipinski definition) is 1. The number of fused-ring (bicyclic) bond motifs is 3. The number of nitrogens with zero attached hydrogens (tertiary/aromatic N) is 1. The first-order chi connectivity index (χ1) is 8.16. The second-order valence-corrected chi connectivity index (χ2v) is 4.94. The normalized spacial score (nSPS) is 27.6. The first-order valence-corrected chi connectivity index (χ1v) is 5.92. The third-order valence-corrected chi connectivity index (χ3v) is 3.84. The van der Waals surface area contributed by atoms with Gasteiger partial charge in [0.1, 0.15) is 5.82 Å². The molecule has 1 amide bonds. The fourth-order valence-electron chi connectivity index (χ4n) is 2.97. The lowest BCUT2D eigenvalue weighted by molar-refractivity contribution is 0.0784. The smallest absolute Gasteiger partial charge is 0.253 e. The molecule has 1 aromatic carbocycles. The van der Waals surface area contributed by atoms with Gasteiger partial charge in [-0.1, -0.05) is 6.07 Å². The van der Waals surface area contributed by atoms with Gasteiger partial charge in [-0.3, -0.25) is 4.79 Å². The lowest BCUT2D eigenvalue weighted by Gasteiger charge is -2.19. The molecule has 1 fully saturated rings. The van der Waals surface area contributed by atoms with Crippen LogP contribution in [0.4, 0.5) is 4.39 Å². The second kappa shape index (κ2) is 3.81. The third kappa shape index (κ3) is 1.63. The zero-order valence-electron chi connectivity index (χ0n) is 9.74. The molecule has 2 aliphatic rings. The molecule has 17 heavy (non-hydrogen) atoms. The lowest BCUT2D eigenvalue weighted by atomic mass is 9.87.